The van der Waals surface area contributed by atoms with E-state index in [1.54, 1.807) is 12.3 Å². The number of alkyl halides is 1. The number of halogens is 1. The molecule has 3 fully saturated rings. The van der Waals surface area contributed by atoms with Gasteiger partial charge in [0.1, 0.15) is 11.4 Å². The van der Waals surface area contributed by atoms with Crippen molar-refractivity contribution in [1.82, 2.24) is 20.5 Å². The Balaban J connectivity index is 1.23. The van der Waals surface area contributed by atoms with Crippen molar-refractivity contribution in [2.24, 2.45) is 0 Å². The van der Waals surface area contributed by atoms with E-state index in [9.17, 15) is 14.0 Å². The SMILES string of the molecule is O=C(Cc1ccc2cn[nH]c2c1)Nc1ccnc(C(=O)NC23CC(F)(C2)C3)c1. The smallest absolute Gasteiger partial charge is 0.270 e. The number of carbonyl (C=O) groups excluding carboxylic acids is 2. The lowest BCUT2D eigenvalue weighted by molar-refractivity contribution is -0.162. The number of anilines is 1. The molecular weight excluding hydrogens is 361 g/mol. The van der Waals surface area contributed by atoms with E-state index in [1.165, 1.54) is 12.3 Å². The van der Waals surface area contributed by atoms with Crippen molar-refractivity contribution in [1.29, 1.82) is 0 Å². The Kier molecular flexibility index (Phi) is 3.52. The van der Waals surface area contributed by atoms with Crippen LogP contribution in [0, 0.1) is 0 Å². The summed E-state index contributed by atoms with van der Waals surface area (Å²) in [6.07, 6.45) is 4.53. The quantitative estimate of drug-likeness (QED) is 0.634. The molecule has 3 aliphatic carbocycles. The maximum absolute atomic E-state index is 13.6. The second-order valence-electron chi connectivity index (χ2n) is 7.86. The molecule has 2 heterocycles. The number of aromatic nitrogens is 3. The van der Waals surface area contributed by atoms with Crippen LogP contribution < -0.4 is 10.6 Å². The minimum absolute atomic E-state index is 0.195. The zero-order valence-corrected chi connectivity index (χ0v) is 15.0. The molecule has 0 atom stereocenters. The molecule has 142 valence electrons. The number of aromatic amines is 1. The molecule has 28 heavy (non-hydrogen) atoms. The number of hydrogen-bond acceptors (Lipinski definition) is 4. The van der Waals surface area contributed by atoms with Gasteiger partial charge in [-0.15, -0.1) is 0 Å². The molecule has 0 saturated heterocycles. The Bertz CT molecular complexity index is 1090. The summed E-state index contributed by atoms with van der Waals surface area (Å²) in [5.41, 5.74) is 0.942. The Hall–Kier alpha value is -3.29. The summed E-state index contributed by atoms with van der Waals surface area (Å²) in [5.74, 6) is -0.544. The Morgan fingerprint density at radius 1 is 1.18 bits per heavy atom. The van der Waals surface area contributed by atoms with E-state index in [0.29, 0.717) is 24.9 Å². The van der Waals surface area contributed by atoms with Crippen LogP contribution in [0.3, 0.4) is 0 Å². The average Bonchev–Trinajstić information content (AvgIpc) is 3.07. The predicted molar refractivity (Wildman–Crippen MR) is 101 cm³/mol. The molecule has 0 unspecified atom stereocenters. The van der Waals surface area contributed by atoms with Crippen molar-refractivity contribution in [3.05, 3.63) is 54.0 Å². The molecule has 2 aromatic heterocycles. The molecular formula is C20H18FN5O2. The van der Waals surface area contributed by atoms with Gasteiger partial charge < -0.3 is 10.6 Å². The van der Waals surface area contributed by atoms with E-state index in [1.807, 2.05) is 18.2 Å². The van der Waals surface area contributed by atoms with Crippen LogP contribution in [0.15, 0.2) is 42.7 Å². The van der Waals surface area contributed by atoms with Crippen molar-refractivity contribution < 1.29 is 14.0 Å². The van der Waals surface area contributed by atoms with Crippen LogP contribution in [-0.2, 0) is 11.2 Å². The molecule has 2 amide bonds. The van der Waals surface area contributed by atoms with Crippen LogP contribution in [0.2, 0.25) is 0 Å². The third-order valence-corrected chi connectivity index (χ3v) is 5.49. The summed E-state index contributed by atoms with van der Waals surface area (Å²) in [6, 6.07) is 8.83. The lowest BCUT2D eigenvalue weighted by atomic mass is 9.47. The predicted octanol–water partition coefficient (Wildman–Crippen LogP) is 2.51. The normalized spacial score (nSPS) is 24.9. The Morgan fingerprint density at radius 2 is 2.00 bits per heavy atom. The van der Waals surface area contributed by atoms with Crippen molar-refractivity contribution in [2.45, 2.75) is 36.9 Å². The number of amides is 2. The highest BCUT2D eigenvalue weighted by Gasteiger charge is 2.69. The fraction of sp³-hybridized carbons (Fsp3) is 0.300. The van der Waals surface area contributed by atoms with Gasteiger partial charge in [-0.2, -0.15) is 5.10 Å². The minimum Gasteiger partial charge on any atom is -0.345 e. The summed E-state index contributed by atoms with van der Waals surface area (Å²) in [6.45, 7) is 0. The van der Waals surface area contributed by atoms with Gasteiger partial charge in [0.15, 0.2) is 0 Å². The number of carbonyl (C=O) groups is 2. The van der Waals surface area contributed by atoms with Crippen molar-refractivity contribution in [3.63, 3.8) is 0 Å². The van der Waals surface area contributed by atoms with Gasteiger partial charge in [0, 0.05) is 42.1 Å². The highest BCUT2D eigenvalue weighted by molar-refractivity contribution is 5.97. The maximum Gasteiger partial charge on any atom is 0.270 e. The summed E-state index contributed by atoms with van der Waals surface area (Å²) >= 11 is 0. The number of H-pyrrole nitrogens is 1. The number of fused-ring (bicyclic) bond motifs is 1. The molecule has 7 nitrogen and oxygen atoms in total. The number of rotatable bonds is 5. The highest BCUT2D eigenvalue weighted by Crippen LogP contribution is 2.62. The first-order chi connectivity index (χ1) is 13.4. The molecule has 6 rings (SSSR count). The zero-order valence-electron chi connectivity index (χ0n) is 15.0. The third-order valence-electron chi connectivity index (χ3n) is 5.49. The van der Waals surface area contributed by atoms with Crippen LogP contribution in [0.1, 0.15) is 35.3 Å². The maximum atomic E-state index is 13.6. The lowest BCUT2D eigenvalue weighted by Crippen LogP contribution is -2.76. The average molecular weight is 379 g/mol. The molecule has 1 aromatic carbocycles. The highest BCUT2D eigenvalue weighted by atomic mass is 19.1. The number of hydrogen-bond donors (Lipinski definition) is 3. The second-order valence-corrected chi connectivity index (χ2v) is 7.86. The van der Waals surface area contributed by atoms with Gasteiger partial charge in [0.05, 0.1) is 18.1 Å². The molecule has 0 spiro atoms. The first-order valence-corrected chi connectivity index (χ1v) is 9.12. The van der Waals surface area contributed by atoms with Crippen LogP contribution in [0.4, 0.5) is 10.1 Å². The van der Waals surface area contributed by atoms with Crippen molar-refractivity contribution in [3.8, 4) is 0 Å². The second kappa shape index (κ2) is 5.85. The molecule has 3 aliphatic rings. The van der Waals surface area contributed by atoms with Crippen LogP contribution in [-0.4, -0.2) is 38.2 Å². The van der Waals surface area contributed by atoms with E-state index >= 15 is 0 Å². The molecule has 2 bridgehead atoms. The minimum atomic E-state index is -1.07. The van der Waals surface area contributed by atoms with Gasteiger partial charge in [-0.1, -0.05) is 12.1 Å². The topological polar surface area (TPSA) is 99.8 Å². The molecule has 8 heteroatoms. The standard InChI is InChI=1S/C20H18FN5O2/c21-19-9-20(10-19,11-19)25-18(28)16-7-14(3-4-22-16)24-17(27)6-12-1-2-13-8-23-26-15(13)5-12/h1-5,7-8H,6,9-11H2,(H,23,26)(H,25,28)(H,22,24,27). The van der Waals surface area contributed by atoms with E-state index in [2.05, 4.69) is 25.8 Å². The first-order valence-electron chi connectivity index (χ1n) is 9.12. The Labute approximate surface area is 159 Å². The fourth-order valence-electron chi connectivity index (χ4n) is 4.22. The number of pyridine rings is 1. The van der Waals surface area contributed by atoms with E-state index in [-0.39, 0.29) is 23.9 Å². The van der Waals surface area contributed by atoms with Gasteiger partial charge >= 0.3 is 0 Å². The lowest BCUT2D eigenvalue weighted by Gasteiger charge is -2.65. The largest absolute Gasteiger partial charge is 0.345 e. The van der Waals surface area contributed by atoms with Gasteiger partial charge in [-0.25, -0.2) is 4.39 Å². The molecule has 3 saturated carbocycles. The summed E-state index contributed by atoms with van der Waals surface area (Å²) < 4.78 is 13.6. The van der Waals surface area contributed by atoms with Gasteiger partial charge in [-0.3, -0.25) is 19.7 Å². The van der Waals surface area contributed by atoms with Crippen LogP contribution in [0.25, 0.3) is 10.9 Å². The molecule has 3 N–H and O–H groups in total. The van der Waals surface area contributed by atoms with E-state index in [4.69, 9.17) is 0 Å². The number of nitrogens with one attached hydrogen (secondary N) is 3. The fourth-order valence-corrected chi connectivity index (χ4v) is 4.22. The van der Waals surface area contributed by atoms with Crippen LogP contribution >= 0.6 is 0 Å². The Morgan fingerprint density at radius 3 is 2.79 bits per heavy atom. The number of benzene rings is 1. The summed E-state index contributed by atoms with van der Waals surface area (Å²) in [4.78, 5) is 28.8. The summed E-state index contributed by atoms with van der Waals surface area (Å²) in [5, 5.41) is 13.5. The van der Waals surface area contributed by atoms with E-state index < -0.39 is 11.2 Å². The van der Waals surface area contributed by atoms with Crippen molar-refractivity contribution in [2.75, 3.05) is 5.32 Å². The van der Waals surface area contributed by atoms with Gasteiger partial charge in [0.25, 0.3) is 5.91 Å². The van der Waals surface area contributed by atoms with Crippen LogP contribution in [0.5, 0.6) is 0 Å². The molecule has 3 aromatic rings. The van der Waals surface area contributed by atoms with Crippen molar-refractivity contribution >= 4 is 28.4 Å². The monoisotopic (exact) mass is 379 g/mol. The zero-order chi connectivity index (χ0) is 19.4. The first kappa shape index (κ1) is 16.9. The molecule has 0 aliphatic heterocycles. The van der Waals surface area contributed by atoms with E-state index in [0.717, 1.165) is 16.5 Å². The molecule has 0 radical (unpaired) electrons. The summed E-state index contributed by atoms with van der Waals surface area (Å²) in [7, 11) is 0. The third kappa shape index (κ3) is 2.90. The number of nitrogens with zero attached hydrogens (tertiary/aromatic N) is 2. The van der Waals surface area contributed by atoms with Gasteiger partial charge in [-0.05, 0) is 23.8 Å². The van der Waals surface area contributed by atoms with Gasteiger partial charge in [0.2, 0.25) is 5.91 Å².